The number of benzene rings is 2. The maximum atomic E-state index is 16.3. The van der Waals surface area contributed by atoms with Gasteiger partial charge in [0.1, 0.15) is 28.7 Å². The van der Waals surface area contributed by atoms with E-state index in [1.54, 1.807) is 35.4 Å². The molecule has 4 heterocycles. The van der Waals surface area contributed by atoms with Gasteiger partial charge in [-0.25, -0.2) is 18.7 Å². The normalized spacial score (nSPS) is 13.5. The summed E-state index contributed by atoms with van der Waals surface area (Å²) < 4.78 is 36.4. The molecule has 0 aliphatic carbocycles. The minimum atomic E-state index is -0.636. The van der Waals surface area contributed by atoms with E-state index in [1.165, 1.54) is 19.3 Å². The summed E-state index contributed by atoms with van der Waals surface area (Å²) in [6, 6.07) is 10.4. The lowest BCUT2D eigenvalue weighted by molar-refractivity contribution is -0.131. The number of halogens is 2. The van der Waals surface area contributed by atoms with Crippen LogP contribution in [0.1, 0.15) is 29.7 Å². The molecule has 6 rings (SSSR count). The second-order valence-electron chi connectivity index (χ2n) is 11.3. The molecular weight excluding hydrogens is 576 g/mol. The smallest absolute Gasteiger partial charge is 0.318 e. The fraction of sp³-hybridized carbons (Fsp3) is 0.294. The van der Waals surface area contributed by atoms with Crippen LogP contribution in [-0.2, 0) is 11.2 Å². The summed E-state index contributed by atoms with van der Waals surface area (Å²) in [5.41, 5.74) is 2.68. The van der Waals surface area contributed by atoms with Gasteiger partial charge >= 0.3 is 6.01 Å². The molecule has 0 spiro atoms. The molecule has 11 heteroatoms. The molecule has 0 unspecified atom stereocenters. The molecule has 45 heavy (non-hydrogen) atoms. The number of ether oxygens (including phenoxy) is 1. The Morgan fingerprint density at radius 2 is 1.91 bits per heavy atom. The van der Waals surface area contributed by atoms with Gasteiger partial charge in [-0.3, -0.25) is 9.78 Å². The molecule has 1 amide bonds. The zero-order valence-electron chi connectivity index (χ0n) is 25.8. The van der Waals surface area contributed by atoms with E-state index in [9.17, 15) is 9.18 Å². The van der Waals surface area contributed by atoms with Crippen LogP contribution >= 0.6 is 0 Å². The number of carbonyl (C=O) groups excluding carboxylic acids is 1. The van der Waals surface area contributed by atoms with Crippen LogP contribution in [0, 0.1) is 31.4 Å². The van der Waals surface area contributed by atoms with Crippen molar-refractivity contribution in [2.75, 3.05) is 38.7 Å². The Labute approximate surface area is 259 Å². The quantitative estimate of drug-likeness (QED) is 0.207. The maximum Gasteiger partial charge on any atom is 0.318 e. The second kappa shape index (κ2) is 12.1. The van der Waals surface area contributed by atoms with Crippen LogP contribution in [0.15, 0.2) is 48.7 Å². The number of aromatic nitrogens is 5. The fourth-order valence-corrected chi connectivity index (χ4v) is 6.00. The van der Waals surface area contributed by atoms with Gasteiger partial charge in [0, 0.05) is 56.1 Å². The zero-order chi connectivity index (χ0) is 31.8. The van der Waals surface area contributed by atoms with E-state index >= 15 is 4.39 Å². The summed E-state index contributed by atoms with van der Waals surface area (Å²) in [7, 11) is 3.29. The average Bonchev–Trinajstić information content (AvgIpc) is 3.00. The predicted octanol–water partition coefficient (Wildman–Crippen LogP) is 5.71. The summed E-state index contributed by atoms with van der Waals surface area (Å²) in [5.74, 6) is 0.242. The largest absolute Gasteiger partial charge is 0.467 e. The molecule has 9 nitrogen and oxygen atoms in total. The number of pyridine rings is 1. The first-order chi connectivity index (χ1) is 21.7. The van der Waals surface area contributed by atoms with Crippen LogP contribution in [-0.4, -0.2) is 69.5 Å². The lowest BCUT2D eigenvalue weighted by atomic mass is 9.95. The molecular formula is C34H33F2N7O2. The van der Waals surface area contributed by atoms with E-state index in [0.29, 0.717) is 65.3 Å². The topological polar surface area (TPSA) is 97.2 Å². The second-order valence-corrected chi connectivity index (χ2v) is 11.3. The average molecular weight is 610 g/mol. The summed E-state index contributed by atoms with van der Waals surface area (Å²) in [5, 5.41) is 1.85. The number of methoxy groups -OCH3 is 1. The summed E-state index contributed by atoms with van der Waals surface area (Å²) >= 11 is 0. The van der Waals surface area contributed by atoms with E-state index in [0.717, 1.165) is 11.1 Å². The van der Waals surface area contributed by atoms with Crippen LogP contribution in [0.5, 0.6) is 6.01 Å². The number of hydrogen-bond acceptors (Lipinski definition) is 8. The van der Waals surface area contributed by atoms with Crippen molar-refractivity contribution in [1.29, 1.82) is 0 Å². The number of amides is 1. The van der Waals surface area contributed by atoms with Crippen molar-refractivity contribution in [1.82, 2.24) is 29.8 Å². The molecule has 0 atom stereocenters. The van der Waals surface area contributed by atoms with Gasteiger partial charge in [0.2, 0.25) is 5.91 Å². The summed E-state index contributed by atoms with van der Waals surface area (Å²) in [4.78, 5) is 38.4. The maximum absolute atomic E-state index is 16.3. The SMILES string of the molecule is CCc1c(F)ccc2cccc(-c3ncc4c(N(C)CC5CN(C(=O)/C=C/c6cc(C)nc(C)n6)C5)nc(OC)nc4c3F)c12. The molecule has 0 saturated carbocycles. The molecule has 0 radical (unpaired) electrons. The predicted molar refractivity (Wildman–Crippen MR) is 170 cm³/mol. The lowest BCUT2D eigenvalue weighted by Gasteiger charge is -2.40. The van der Waals surface area contributed by atoms with Crippen molar-refractivity contribution in [3.63, 3.8) is 0 Å². The fourth-order valence-electron chi connectivity index (χ4n) is 6.00. The van der Waals surface area contributed by atoms with Gasteiger partial charge in [0.05, 0.1) is 18.2 Å². The van der Waals surface area contributed by atoms with Gasteiger partial charge in [-0.1, -0.05) is 31.2 Å². The molecule has 230 valence electrons. The molecule has 1 aliphatic rings. The summed E-state index contributed by atoms with van der Waals surface area (Å²) in [6.45, 7) is 7.29. The Morgan fingerprint density at radius 3 is 2.64 bits per heavy atom. The highest BCUT2D eigenvalue weighted by Gasteiger charge is 2.31. The standard InChI is InChI=1S/C34H33F2N7O2/c1-6-24-27(35)12-10-22-8-7-9-25(29(22)24)31-30(36)32-26(15-37-31)33(41-34(40-32)45-5)42(4)16-21-17-43(18-21)28(44)13-11-23-14-19(2)38-20(3)39-23/h7-15,21H,6,16-18H2,1-5H3/b13-11+. The molecule has 5 aromatic rings. The number of carbonyl (C=O) groups is 1. The van der Waals surface area contributed by atoms with Crippen LogP contribution in [0.4, 0.5) is 14.6 Å². The van der Waals surface area contributed by atoms with Crippen LogP contribution < -0.4 is 9.64 Å². The Hall–Kier alpha value is -5.06. The molecule has 0 bridgehead atoms. The number of rotatable bonds is 8. The van der Waals surface area contributed by atoms with Gasteiger partial charge in [-0.2, -0.15) is 9.97 Å². The van der Waals surface area contributed by atoms with Gasteiger partial charge in [0.25, 0.3) is 0 Å². The monoisotopic (exact) mass is 609 g/mol. The van der Waals surface area contributed by atoms with Crippen molar-refractivity contribution >= 4 is 39.5 Å². The van der Waals surface area contributed by atoms with Crippen molar-refractivity contribution in [2.24, 2.45) is 5.92 Å². The number of hydrogen-bond donors (Lipinski definition) is 0. The Morgan fingerprint density at radius 1 is 1.11 bits per heavy atom. The molecule has 0 N–H and O–H groups in total. The third-order valence-corrected chi connectivity index (χ3v) is 8.08. The minimum absolute atomic E-state index is 0.0179. The van der Waals surface area contributed by atoms with Crippen molar-refractivity contribution in [3.8, 4) is 17.3 Å². The Balaban J connectivity index is 1.25. The lowest BCUT2D eigenvalue weighted by Crippen LogP contribution is -2.53. The Kier molecular flexibility index (Phi) is 8.09. The van der Waals surface area contributed by atoms with Crippen molar-refractivity contribution < 1.29 is 18.3 Å². The third kappa shape index (κ3) is 5.77. The molecule has 1 fully saturated rings. The van der Waals surface area contributed by atoms with Gasteiger partial charge in [-0.15, -0.1) is 0 Å². The van der Waals surface area contributed by atoms with E-state index < -0.39 is 5.82 Å². The first kappa shape index (κ1) is 30.0. The van der Waals surface area contributed by atoms with E-state index in [4.69, 9.17) is 4.74 Å². The Bertz CT molecular complexity index is 1950. The van der Waals surface area contributed by atoms with E-state index in [-0.39, 0.29) is 34.9 Å². The van der Waals surface area contributed by atoms with Crippen molar-refractivity contribution in [2.45, 2.75) is 27.2 Å². The minimum Gasteiger partial charge on any atom is -0.467 e. The molecule has 1 saturated heterocycles. The van der Waals surface area contributed by atoms with Gasteiger partial charge in [-0.05, 0) is 54.8 Å². The number of aryl methyl sites for hydroxylation is 3. The summed E-state index contributed by atoms with van der Waals surface area (Å²) in [6.07, 6.45) is 5.24. The van der Waals surface area contributed by atoms with Gasteiger partial charge < -0.3 is 14.5 Å². The zero-order valence-corrected chi connectivity index (χ0v) is 25.8. The van der Waals surface area contributed by atoms with E-state index in [1.807, 2.05) is 44.9 Å². The van der Waals surface area contributed by atoms with Gasteiger partial charge in [0.15, 0.2) is 5.82 Å². The molecule has 1 aliphatic heterocycles. The van der Waals surface area contributed by atoms with E-state index in [2.05, 4.69) is 24.9 Å². The first-order valence-electron chi connectivity index (χ1n) is 14.8. The van der Waals surface area contributed by atoms with Crippen LogP contribution in [0.3, 0.4) is 0 Å². The highest BCUT2D eigenvalue weighted by Crippen LogP contribution is 2.37. The number of nitrogens with zero attached hydrogens (tertiary/aromatic N) is 7. The molecule has 3 aromatic heterocycles. The number of likely N-dealkylation sites (tertiary alicyclic amines) is 1. The number of anilines is 1. The third-order valence-electron chi connectivity index (χ3n) is 8.08. The van der Waals surface area contributed by atoms with Crippen molar-refractivity contribution in [3.05, 3.63) is 83.1 Å². The van der Waals surface area contributed by atoms with Crippen LogP contribution in [0.2, 0.25) is 0 Å². The molecule has 2 aromatic carbocycles. The number of fused-ring (bicyclic) bond motifs is 2. The highest BCUT2D eigenvalue weighted by atomic mass is 19.1. The highest BCUT2D eigenvalue weighted by molar-refractivity contribution is 6.01. The first-order valence-corrected chi connectivity index (χ1v) is 14.8. The van der Waals surface area contributed by atoms with Crippen LogP contribution in [0.25, 0.3) is 39.0 Å².